The van der Waals surface area contributed by atoms with Crippen LogP contribution in [0.1, 0.15) is 44.9 Å². The fourth-order valence-corrected chi connectivity index (χ4v) is 3.01. The molecule has 7 heteroatoms. The summed E-state index contributed by atoms with van der Waals surface area (Å²) in [5, 5.41) is 0. The van der Waals surface area contributed by atoms with Crippen molar-refractivity contribution in [2.24, 2.45) is 16.8 Å². The van der Waals surface area contributed by atoms with Crippen molar-refractivity contribution in [2.45, 2.75) is 57.2 Å². The number of hydrazine groups is 1. The highest BCUT2D eigenvalue weighted by molar-refractivity contribution is 5.79. The van der Waals surface area contributed by atoms with E-state index in [1.54, 1.807) is 0 Å². The van der Waals surface area contributed by atoms with Gasteiger partial charge in [-0.1, -0.05) is 19.3 Å². The maximum absolute atomic E-state index is 12.6. The number of aliphatic imine (C=N–C) groups is 1. The summed E-state index contributed by atoms with van der Waals surface area (Å²) in [5.41, 5.74) is 2.57. The summed E-state index contributed by atoms with van der Waals surface area (Å²) < 4.78 is 37.9. The summed E-state index contributed by atoms with van der Waals surface area (Å²) >= 11 is 0. The summed E-state index contributed by atoms with van der Waals surface area (Å²) in [5.74, 6) is 4.86. The lowest BCUT2D eigenvalue weighted by Gasteiger charge is -2.35. The minimum atomic E-state index is -4.08. The van der Waals surface area contributed by atoms with Crippen molar-refractivity contribution < 1.29 is 13.2 Å². The molecule has 20 heavy (non-hydrogen) atoms. The van der Waals surface area contributed by atoms with Crippen molar-refractivity contribution in [1.29, 1.82) is 0 Å². The van der Waals surface area contributed by atoms with E-state index in [4.69, 9.17) is 5.84 Å². The average Bonchev–Trinajstić information content (AvgIpc) is 2.45. The summed E-state index contributed by atoms with van der Waals surface area (Å²) in [4.78, 5) is 6.43. The molecular weight excluding hydrogens is 269 g/mol. The highest BCUT2D eigenvalue weighted by Gasteiger charge is 2.41. The summed E-state index contributed by atoms with van der Waals surface area (Å²) in [7, 11) is 0. The van der Waals surface area contributed by atoms with E-state index in [-0.39, 0.29) is 18.9 Å². The van der Waals surface area contributed by atoms with Gasteiger partial charge in [-0.3, -0.25) is 5.43 Å². The Morgan fingerprint density at radius 2 is 1.65 bits per heavy atom. The maximum Gasteiger partial charge on any atom is 0.391 e. The molecule has 0 spiro atoms. The Morgan fingerprint density at radius 3 is 2.15 bits per heavy atom. The number of alkyl halides is 3. The fraction of sp³-hybridized carbons (Fsp3) is 0.923. The van der Waals surface area contributed by atoms with Gasteiger partial charge in [0.25, 0.3) is 0 Å². The Balaban J connectivity index is 1.91. The fourth-order valence-electron chi connectivity index (χ4n) is 3.01. The van der Waals surface area contributed by atoms with Crippen LogP contribution in [0.2, 0.25) is 0 Å². The van der Waals surface area contributed by atoms with Gasteiger partial charge in [-0.15, -0.1) is 0 Å². The van der Waals surface area contributed by atoms with Crippen LogP contribution < -0.4 is 11.3 Å². The predicted octanol–water partition coefficient (Wildman–Crippen LogP) is 2.41. The number of nitrogens with zero attached hydrogens (tertiary/aromatic N) is 2. The van der Waals surface area contributed by atoms with Gasteiger partial charge in [0.2, 0.25) is 5.96 Å². The molecule has 1 heterocycles. The van der Waals surface area contributed by atoms with Crippen LogP contribution in [0.5, 0.6) is 0 Å². The van der Waals surface area contributed by atoms with Crippen LogP contribution in [0.3, 0.4) is 0 Å². The molecule has 1 aliphatic carbocycles. The second-order valence-electron chi connectivity index (χ2n) is 5.69. The highest BCUT2D eigenvalue weighted by atomic mass is 19.4. The van der Waals surface area contributed by atoms with E-state index in [0.29, 0.717) is 19.0 Å². The molecule has 2 rings (SSSR count). The first-order chi connectivity index (χ1) is 9.50. The number of hydrogen-bond acceptors (Lipinski definition) is 2. The second-order valence-corrected chi connectivity index (χ2v) is 5.69. The number of nitrogens with one attached hydrogen (secondary N) is 1. The van der Waals surface area contributed by atoms with E-state index < -0.39 is 12.1 Å². The van der Waals surface area contributed by atoms with Crippen LogP contribution in [0.15, 0.2) is 4.99 Å². The van der Waals surface area contributed by atoms with Gasteiger partial charge < -0.3 is 4.90 Å². The maximum atomic E-state index is 12.6. The van der Waals surface area contributed by atoms with Gasteiger partial charge in [-0.2, -0.15) is 13.2 Å². The number of guanidine groups is 1. The van der Waals surface area contributed by atoms with Crippen molar-refractivity contribution in [3.05, 3.63) is 0 Å². The Labute approximate surface area is 117 Å². The van der Waals surface area contributed by atoms with Crippen LogP contribution in [0.4, 0.5) is 13.2 Å². The Bertz CT molecular complexity index is 329. The van der Waals surface area contributed by atoms with Gasteiger partial charge in [-0.05, 0) is 25.7 Å². The lowest BCUT2D eigenvalue weighted by molar-refractivity contribution is -0.183. The minimum absolute atomic E-state index is 0.120. The topological polar surface area (TPSA) is 53.6 Å². The smallest absolute Gasteiger partial charge is 0.342 e. The van der Waals surface area contributed by atoms with E-state index in [9.17, 15) is 13.2 Å². The Morgan fingerprint density at radius 1 is 1.05 bits per heavy atom. The quantitative estimate of drug-likeness (QED) is 0.338. The predicted molar refractivity (Wildman–Crippen MR) is 72.0 cm³/mol. The van der Waals surface area contributed by atoms with Gasteiger partial charge >= 0.3 is 6.18 Å². The number of rotatable bonds is 1. The number of nitrogens with two attached hydrogens (primary N) is 1. The first-order valence-corrected chi connectivity index (χ1v) is 7.37. The molecule has 0 amide bonds. The lowest BCUT2D eigenvalue weighted by Crippen LogP contribution is -2.50. The molecule has 116 valence electrons. The van der Waals surface area contributed by atoms with E-state index in [0.717, 1.165) is 12.8 Å². The second kappa shape index (κ2) is 6.65. The highest BCUT2D eigenvalue weighted by Crippen LogP contribution is 2.34. The van der Waals surface area contributed by atoms with Crippen LogP contribution >= 0.6 is 0 Å². The molecule has 0 unspecified atom stereocenters. The molecule has 4 nitrogen and oxygen atoms in total. The van der Waals surface area contributed by atoms with Gasteiger partial charge in [0, 0.05) is 13.1 Å². The van der Waals surface area contributed by atoms with Crippen molar-refractivity contribution in [3.8, 4) is 0 Å². The minimum Gasteiger partial charge on any atom is -0.342 e. The summed E-state index contributed by atoms with van der Waals surface area (Å²) in [6.45, 7) is 0.722. The molecule has 2 fully saturated rings. The molecule has 0 aromatic carbocycles. The number of hydrogen-bond donors (Lipinski definition) is 2. The van der Waals surface area contributed by atoms with Gasteiger partial charge in [0.1, 0.15) is 0 Å². The Hall–Kier alpha value is -0.980. The molecule has 0 radical (unpaired) electrons. The van der Waals surface area contributed by atoms with Crippen molar-refractivity contribution in [3.63, 3.8) is 0 Å². The van der Waals surface area contributed by atoms with Crippen LogP contribution in [-0.4, -0.2) is 36.2 Å². The third-order valence-electron chi connectivity index (χ3n) is 4.27. The van der Waals surface area contributed by atoms with Crippen LogP contribution in [0, 0.1) is 5.92 Å². The van der Waals surface area contributed by atoms with Crippen LogP contribution in [0.25, 0.3) is 0 Å². The van der Waals surface area contributed by atoms with E-state index in [2.05, 4.69) is 10.4 Å². The zero-order valence-corrected chi connectivity index (χ0v) is 11.6. The first-order valence-electron chi connectivity index (χ1n) is 7.37. The Kier molecular flexibility index (Phi) is 5.12. The van der Waals surface area contributed by atoms with Crippen LogP contribution in [-0.2, 0) is 0 Å². The zero-order valence-electron chi connectivity index (χ0n) is 11.6. The number of piperidine rings is 1. The zero-order chi connectivity index (χ0) is 14.6. The molecule has 0 bridgehead atoms. The molecule has 1 saturated heterocycles. The van der Waals surface area contributed by atoms with Crippen molar-refractivity contribution in [1.82, 2.24) is 10.3 Å². The van der Waals surface area contributed by atoms with Crippen molar-refractivity contribution in [2.75, 3.05) is 13.1 Å². The molecule has 0 atom stereocenters. The van der Waals surface area contributed by atoms with Crippen molar-refractivity contribution >= 4 is 5.96 Å². The molecule has 1 saturated carbocycles. The third kappa shape index (κ3) is 4.01. The SMILES string of the molecule is NNC(=NC1CCCCC1)N1CCC(C(F)(F)F)CC1. The largest absolute Gasteiger partial charge is 0.391 e. The van der Waals surface area contributed by atoms with Gasteiger partial charge in [0.05, 0.1) is 12.0 Å². The molecule has 0 aromatic heterocycles. The number of halogens is 3. The normalized spacial score (nSPS) is 24.0. The molecule has 1 aliphatic heterocycles. The third-order valence-corrected chi connectivity index (χ3v) is 4.27. The average molecular weight is 292 g/mol. The summed E-state index contributed by atoms with van der Waals surface area (Å²) in [6, 6.07) is 0.259. The van der Waals surface area contributed by atoms with Gasteiger partial charge in [-0.25, -0.2) is 10.8 Å². The van der Waals surface area contributed by atoms with E-state index >= 15 is 0 Å². The van der Waals surface area contributed by atoms with E-state index in [1.807, 2.05) is 4.90 Å². The molecule has 3 N–H and O–H groups in total. The standard InChI is InChI=1S/C13H23F3N4/c14-13(15,16)10-6-8-20(9-7-10)12(19-17)18-11-4-2-1-3-5-11/h10-11H,1-9,17H2,(H,18,19). The molecule has 0 aromatic rings. The molecule has 2 aliphatic rings. The lowest BCUT2D eigenvalue weighted by atomic mass is 9.95. The number of likely N-dealkylation sites (tertiary alicyclic amines) is 1. The summed E-state index contributed by atoms with van der Waals surface area (Å²) in [6.07, 6.45) is 1.83. The monoisotopic (exact) mass is 292 g/mol. The van der Waals surface area contributed by atoms with E-state index in [1.165, 1.54) is 19.3 Å². The molecular formula is C13H23F3N4. The first kappa shape index (κ1) is 15.4. The van der Waals surface area contributed by atoms with Gasteiger partial charge in [0.15, 0.2) is 0 Å².